The van der Waals surface area contributed by atoms with Gasteiger partial charge in [-0.25, -0.2) is 0 Å². The number of rotatable bonds is 2. The van der Waals surface area contributed by atoms with Crippen LogP contribution < -0.4 is 5.32 Å². The van der Waals surface area contributed by atoms with Crippen LogP contribution in [0.25, 0.3) is 0 Å². The number of hydrogen-bond acceptors (Lipinski definition) is 3. The van der Waals surface area contributed by atoms with Gasteiger partial charge in [0.05, 0.1) is 12.6 Å². The molecule has 2 atom stereocenters. The summed E-state index contributed by atoms with van der Waals surface area (Å²) in [5.41, 5.74) is 0. The first-order chi connectivity index (χ1) is 8.87. The predicted molar refractivity (Wildman–Crippen MR) is 64.7 cm³/mol. The average Bonchev–Trinajstić information content (AvgIpc) is 2.82. The monoisotopic (exact) mass is 279 g/mol. The van der Waals surface area contributed by atoms with E-state index in [-0.39, 0.29) is 18.0 Å². The maximum absolute atomic E-state index is 12.4. The number of alkyl halides is 3. The molecule has 2 fully saturated rings. The van der Waals surface area contributed by atoms with E-state index in [2.05, 4.69) is 5.32 Å². The zero-order chi connectivity index (χ0) is 14.0. The van der Waals surface area contributed by atoms with Crippen molar-refractivity contribution >= 4 is 5.91 Å². The van der Waals surface area contributed by atoms with E-state index in [0.29, 0.717) is 19.6 Å². The topological polar surface area (TPSA) is 35.6 Å². The molecular weight excluding hydrogens is 259 g/mol. The molecule has 19 heavy (non-hydrogen) atoms. The Labute approximate surface area is 110 Å². The van der Waals surface area contributed by atoms with Gasteiger partial charge in [0.25, 0.3) is 0 Å². The summed E-state index contributed by atoms with van der Waals surface area (Å²) in [5.74, 6) is 0.0380. The number of piperazine rings is 1. The first-order valence-electron chi connectivity index (χ1n) is 6.70. The fraction of sp³-hybridized carbons (Fsp3) is 0.917. The second-order valence-corrected chi connectivity index (χ2v) is 5.37. The van der Waals surface area contributed by atoms with Gasteiger partial charge < -0.3 is 10.2 Å². The molecular formula is C12H20F3N3O. The first kappa shape index (κ1) is 14.6. The summed E-state index contributed by atoms with van der Waals surface area (Å²) < 4.78 is 37.1. The Bertz CT molecular complexity index is 329. The number of amides is 1. The van der Waals surface area contributed by atoms with Crippen LogP contribution in [0.15, 0.2) is 0 Å². The third-order valence-electron chi connectivity index (χ3n) is 3.82. The molecule has 0 spiro atoms. The fourth-order valence-corrected chi connectivity index (χ4v) is 2.78. The van der Waals surface area contributed by atoms with Gasteiger partial charge in [-0.05, 0) is 26.3 Å². The van der Waals surface area contributed by atoms with Crippen LogP contribution in [-0.4, -0.2) is 66.7 Å². The molecule has 1 N–H and O–H groups in total. The quantitative estimate of drug-likeness (QED) is 0.813. The summed E-state index contributed by atoms with van der Waals surface area (Å²) in [6.07, 6.45) is -2.36. The van der Waals surface area contributed by atoms with E-state index in [9.17, 15) is 18.0 Å². The minimum absolute atomic E-state index is 0.0380. The molecule has 1 amide bonds. The molecule has 4 nitrogen and oxygen atoms in total. The van der Waals surface area contributed by atoms with Crippen LogP contribution in [0.4, 0.5) is 13.2 Å². The van der Waals surface area contributed by atoms with Gasteiger partial charge in [-0.2, -0.15) is 13.2 Å². The predicted octanol–water partition coefficient (Wildman–Crippen LogP) is 0.833. The van der Waals surface area contributed by atoms with Crippen LogP contribution in [0.5, 0.6) is 0 Å². The third kappa shape index (κ3) is 3.82. The van der Waals surface area contributed by atoms with Gasteiger partial charge >= 0.3 is 6.18 Å². The molecule has 2 aliphatic heterocycles. The van der Waals surface area contributed by atoms with E-state index >= 15 is 0 Å². The van der Waals surface area contributed by atoms with E-state index < -0.39 is 12.7 Å². The van der Waals surface area contributed by atoms with Crippen molar-refractivity contribution in [2.75, 3.05) is 32.7 Å². The minimum atomic E-state index is -4.17. The lowest BCUT2D eigenvalue weighted by Gasteiger charge is -2.40. The zero-order valence-corrected chi connectivity index (χ0v) is 11.0. The van der Waals surface area contributed by atoms with Crippen molar-refractivity contribution in [2.24, 2.45) is 0 Å². The van der Waals surface area contributed by atoms with E-state index in [4.69, 9.17) is 0 Å². The van der Waals surface area contributed by atoms with Gasteiger partial charge in [0.15, 0.2) is 0 Å². The van der Waals surface area contributed by atoms with Crippen LogP contribution in [0.3, 0.4) is 0 Å². The zero-order valence-electron chi connectivity index (χ0n) is 11.0. The van der Waals surface area contributed by atoms with Gasteiger partial charge in [0, 0.05) is 25.7 Å². The van der Waals surface area contributed by atoms with Crippen molar-refractivity contribution in [1.82, 2.24) is 15.1 Å². The van der Waals surface area contributed by atoms with Crippen LogP contribution in [0.2, 0.25) is 0 Å². The van der Waals surface area contributed by atoms with Crippen LogP contribution in [-0.2, 0) is 4.79 Å². The van der Waals surface area contributed by atoms with Crippen LogP contribution in [0, 0.1) is 0 Å². The molecule has 2 rings (SSSR count). The Hall–Kier alpha value is -0.820. The Kier molecular flexibility index (Phi) is 4.35. The fourth-order valence-electron chi connectivity index (χ4n) is 2.78. The summed E-state index contributed by atoms with van der Waals surface area (Å²) in [6.45, 7) is 2.76. The Morgan fingerprint density at radius 3 is 2.63 bits per heavy atom. The maximum Gasteiger partial charge on any atom is 0.401 e. The molecule has 0 bridgehead atoms. The molecule has 0 aromatic rings. The summed E-state index contributed by atoms with van der Waals surface area (Å²) in [6, 6.07) is -0.387. The number of hydrogen-bond donors (Lipinski definition) is 1. The van der Waals surface area contributed by atoms with E-state index in [1.807, 2.05) is 0 Å². The number of carbonyl (C=O) groups excluding carboxylic acids is 1. The van der Waals surface area contributed by atoms with Crippen molar-refractivity contribution in [2.45, 2.75) is 38.0 Å². The third-order valence-corrected chi connectivity index (χ3v) is 3.82. The van der Waals surface area contributed by atoms with Gasteiger partial charge in [0.1, 0.15) is 0 Å². The van der Waals surface area contributed by atoms with Gasteiger partial charge in [-0.3, -0.25) is 9.69 Å². The first-order valence-corrected chi connectivity index (χ1v) is 6.70. The second-order valence-electron chi connectivity index (χ2n) is 5.37. The lowest BCUT2D eigenvalue weighted by atomic mass is 10.1. The summed E-state index contributed by atoms with van der Waals surface area (Å²) in [4.78, 5) is 15.3. The average molecular weight is 279 g/mol. The number of nitrogens with zero attached hydrogens (tertiary/aromatic N) is 2. The number of nitrogens with one attached hydrogen (secondary N) is 1. The summed E-state index contributed by atoms with van der Waals surface area (Å²) in [7, 11) is 0. The molecule has 2 heterocycles. The normalized spacial score (nSPS) is 29.8. The lowest BCUT2D eigenvalue weighted by Crippen LogP contribution is -2.58. The van der Waals surface area contributed by atoms with E-state index in [0.717, 1.165) is 19.4 Å². The van der Waals surface area contributed by atoms with Crippen molar-refractivity contribution in [3.63, 3.8) is 0 Å². The molecule has 0 aliphatic carbocycles. The maximum atomic E-state index is 12.4. The highest BCUT2D eigenvalue weighted by atomic mass is 19.4. The minimum Gasteiger partial charge on any atom is -0.339 e. The highest BCUT2D eigenvalue weighted by Gasteiger charge is 2.37. The van der Waals surface area contributed by atoms with Crippen molar-refractivity contribution in [1.29, 1.82) is 0 Å². The second kappa shape index (κ2) is 5.66. The van der Waals surface area contributed by atoms with Crippen molar-refractivity contribution in [3.8, 4) is 0 Å². The summed E-state index contributed by atoms with van der Waals surface area (Å²) in [5, 5.41) is 3.13. The number of carbonyl (C=O) groups is 1. The highest BCUT2D eigenvalue weighted by Crippen LogP contribution is 2.21. The largest absolute Gasteiger partial charge is 0.401 e. The van der Waals surface area contributed by atoms with E-state index in [1.54, 1.807) is 11.8 Å². The van der Waals surface area contributed by atoms with Gasteiger partial charge in [-0.1, -0.05) is 0 Å². The molecule has 0 radical (unpaired) electrons. The van der Waals surface area contributed by atoms with Crippen LogP contribution >= 0.6 is 0 Å². The van der Waals surface area contributed by atoms with Gasteiger partial charge in [0.2, 0.25) is 5.91 Å². The van der Waals surface area contributed by atoms with Crippen LogP contribution in [0.1, 0.15) is 19.8 Å². The molecule has 2 unspecified atom stereocenters. The molecule has 7 heteroatoms. The van der Waals surface area contributed by atoms with Gasteiger partial charge in [-0.15, -0.1) is 0 Å². The Balaban J connectivity index is 1.87. The summed E-state index contributed by atoms with van der Waals surface area (Å²) >= 11 is 0. The Morgan fingerprint density at radius 1 is 1.37 bits per heavy atom. The van der Waals surface area contributed by atoms with Crippen molar-refractivity contribution < 1.29 is 18.0 Å². The van der Waals surface area contributed by atoms with Crippen molar-refractivity contribution in [3.05, 3.63) is 0 Å². The lowest BCUT2D eigenvalue weighted by molar-refractivity contribution is -0.158. The smallest absolute Gasteiger partial charge is 0.339 e. The standard InChI is InChI=1S/C12H20F3N3O/c1-9-7-17(11(19)10-3-2-4-16-10)5-6-18(9)8-12(13,14)15/h9-10,16H,2-8H2,1H3. The molecule has 0 saturated carbocycles. The Morgan fingerprint density at radius 2 is 2.11 bits per heavy atom. The molecule has 2 saturated heterocycles. The molecule has 110 valence electrons. The molecule has 0 aromatic heterocycles. The molecule has 2 aliphatic rings. The number of halogens is 3. The SMILES string of the molecule is CC1CN(C(=O)C2CCCN2)CCN1CC(F)(F)F. The molecule has 0 aromatic carbocycles. The highest BCUT2D eigenvalue weighted by molar-refractivity contribution is 5.82. The van der Waals surface area contributed by atoms with E-state index in [1.165, 1.54) is 4.90 Å².